The molecule has 0 saturated heterocycles. The maximum absolute atomic E-state index is 12.3. The minimum Gasteiger partial charge on any atom is -0.459 e. The molecule has 142 valence electrons. The average molecular weight is 346 g/mol. The van der Waals surface area contributed by atoms with Crippen molar-refractivity contribution in [3.05, 3.63) is 0 Å². The first-order valence-corrected chi connectivity index (χ1v) is 8.20. The molecule has 8 heteroatoms. The third-order valence-corrected chi connectivity index (χ3v) is 2.84. The van der Waals surface area contributed by atoms with Gasteiger partial charge in [-0.1, -0.05) is 0 Å². The van der Waals surface area contributed by atoms with Gasteiger partial charge in [0.2, 0.25) is 0 Å². The lowest BCUT2D eigenvalue weighted by Gasteiger charge is -2.32. The maximum atomic E-state index is 12.3. The van der Waals surface area contributed by atoms with Crippen LogP contribution in [-0.4, -0.2) is 53.5 Å². The zero-order valence-electron chi connectivity index (χ0n) is 15.8. The highest BCUT2D eigenvalue weighted by Crippen LogP contribution is 2.14. The number of ether oxygens (including phenoxy) is 2. The number of hydrogen-bond donors (Lipinski definition) is 3. The van der Waals surface area contributed by atoms with E-state index < -0.39 is 35.5 Å². The van der Waals surface area contributed by atoms with Crippen LogP contribution >= 0.6 is 0 Å². The number of carbonyl (C=O) groups excluding carboxylic acids is 2. The molecule has 6 N–H and O–H groups in total. The summed E-state index contributed by atoms with van der Waals surface area (Å²) in [4.78, 5) is 25.6. The van der Waals surface area contributed by atoms with Gasteiger partial charge < -0.3 is 26.7 Å². The molecule has 0 aromatic carbocycles. The minimum absolute atomic E-state index is 0.0682. The summed E-state index contributed by atoms with van der Waals surface area (Å²) in [5.74, 6) is -0.555. The molecule has 0 aliphatic heterocycles. The number of carbonyl (C=O) groups is 2. The van der Waals surface area contributed by atoms with Gasteiger partial charge in [-0.15, -0.1) is 0 Å². The fraction of sp³-hybridized carbons (Fsp3) is 0.875. The minimum atomic E-state index is -0.929. The van der Waals surface area contributed by atoms with Crippen LogP contribution in [0.3, 0.4) is 0 Å². The zero-order valence-corrected chi connectivity index (χ0v) is 15.8. The molecular weight excluding hydrogens is 312 g/mol. The maximum Gasteiger partial charge on any atom is 0.411 e. The van der Waals surface area contributed by atoms with Crippen molar-refractivity contribution in [3.63, 3.8) is 0 Å². The van der Waals surface area contributed by atoms with Crippen LogP contribution in [0.25, 0.3) is 0 Å². The summed E-state index contributed by atoms with van der Waals surface area (Å²) in [6.07, 6.45) is -0.693. The molecule has 0 fully saturated rings. The summed E-state index contributed by atoms with van der Waals surface area (Å²) in [5.41, 5.74) is 16.2. The van der Waals surface area contributed by atoms with Crippen LogP contribution < -0.4 is 17.2 Å². The zero-order chi connectivity index (χ0) is 19.1. The van der Waals surface area contributed by atoms with E-state index in [4.69, 9.17) is 26.7 Å². The molecule has 8 nitrogen and oxygen atoms in total. The molecule has 0 spiro atoms. The third kappa shape index (κ3) is 9.69. The van der Waals surface area contributed by atoms with E-state index in [2.05, 4.69) is 0 Å². The Morgan fingerprint density at radius 3 is 1.92 bits per heavy atom. The lowest BCUT2D eigenvalue weighted by molar-refractivity contribution is -0.157. The van der Waals surface area contributed by atoms with Gasteiger partial charge in [0.05, 0.1) is 6.17 Å². The molecule has 2 atom stereocenters. The van der Waals surface area contributed by atoms with E-state index in [0.717, 1.165) is 0 Å². The van der Waals surface area contributed by atoms with Crippen LogP contribution in [0, 0.1) is 0 Å². The van der Waals surface area contributed by atoms with E-state index in [0.29, 0.717) is 19.5 Å². The molecule has 0 bridgehead atoms. The lowest BCUT2D eigenvalue weighted by atomic mass is 10.1. The van der Waals surface area contributed by atoms with Crippen LogP contribution in [0.1, 0.15) is 54.4 Å². The van der Waals surface area contributed by atoms with E-state index in [-0.39, 0.29) is 6.42 Å². The Bertz CT molecular complexity index is 415. The van der Waals surface area contributed by atoms with Gasteiger partial charge >= 0.3 is 12.1 Å². The standard InChI is InChI=1S/C16H34N4O4/c1-15(2,3)23-13(21)11(18)10-12(19)20(9-7-8-17)14(22)24-16(4,5)6/h11-12H,7-10,17-19H2,1-6H3. The highest BCUT2D eigenvalue weighted by Gasteiger charge is 2.30. The Morgan fingerprint density at radius 2 is 1.50 bits per heavy atom. The number of esters is 1. The fourth-order valence-corrected chi connectivity index (χ4v) is 1.84. The van der Waals surface area contributed by atoms with Gasteiger partial charge in [-0.2, -0.15) is 0 Å². The van der Waals surface area contributed by atoms with E-state index in [9.17, 15) is 9.59 Å². The fourth-order valence-electron chi connectivity index (χ4n) is 1.84. The van der Waals surface area contributed by atoms with Gasteiger partial charge in [-0.25, -0.2) is 4.79 Å². The monoisotopic (exact) mass is 346 g/mol. The molecule has 0 aliphatic carbocycles. The molecule has 0 aromatic rings. The Balaban J connectivity index is 4.89. The number of nitrogens with two attached hydrogens (primary N) is 3. The largest absolute Gasteiger partial charge is 0.459 e. The van der Waals surface area contributed by atoms with Crippen molar-refractivity contribution < 1.29 is 19.1 Å². The van der Waals surface area contributed by atoms with Gasteiger partial charge in [0.15, 0.2) is 0 Å². The van der Waals surface area contributed by atoms with Crippen LogP contribution in [0.15, 0.2) is 0 Å². The number of nitrogens with zero attached hydrogens (tertiary/aromatic N) is 1. The van der Waals surface area contributed by atoms with E-state index in [1.54, 1.807) is 41.5 Å². The average Bonchev–Trinajstić information content (AvgIpc) is 2.34. The Morgan fingerprint density at radius 1 is 1.00 bits per heavy atom. The molecule has 0 rings (SSSR count). The molecule has 0 heterocycles. The van der Waals surface area contributed by atoms with Crippen LogP contribution in [0.5, 0.6) is 0 Å². The lowest BCUT2D eigenvalue weighted by Crippen LogP contribution is -2.52. The normalized spacial score (nSPS) is 14.7. The van der Waals surface area contributed by atoms with Crippen molar-refractivity contribution in [1.29, 1.82) is 0 Å². The van der Waals surface area contributed by atoms with Crippen molar-refractivity contribution in [3.8, 4) is 0 Å². The van der Waals surface area contributed by atoms with Crippen LogP contribution in [0.2, 0.25) is 0 Å². The molecule has 0 saturated carbocycles. The Labute approximate surface area is 145 Å². The summed E-state index contributed by atoms with van der Waals surface area (Å²) >= 11 is 0. The number of hydrogen-bond acceptors (Lipinski definition) is 7. The van der Waals surface area contributed by atoms with E-state index in [1.807, 2.05) is 0 Å². The Hall–Kier alpha value is -1.38. The van der Waals surface area contributed by atoms with E-state index >= 15 is 0 Å². The molecule has 2 unspecified atom stereocenters. The SMILES string of the molecule is CC(C)(C)OC(=O)C(N)CC(N)N(CCCN)C(=O)OC(C)(C)C. The van der Waals surface area contributed by atoms with Crippen LogP contribution in [0.4, 0.5) is 4.79 Å². The van der Waals surface area contributed by atoms with Gasteiger partial charge in [-0.05, 0) is 54.5 Å². The molecular formula is C16H34N4O4. The number of rotatable bonds is 7. The topological polar surface area (TPSA) is 134 Å². The van der Waals surface area contributed by atoms with Crippen molar-refractivity contribution in [2.75, 3.05) is 13.1 Å². The van der Waals surface area contributed by atoms with Gasteiger partial charge in [-0.3, -0.25) is 9.69 Å². The summed E-state index contributed by atoms with van der Waals surface area (Å²) in [7, 11) is 0. The van der Waals surface area contributed by atoms with Gasteiger partial charge in [0.1, 0.15) is 17.2 Å². The van der Waals surface area contributed by atoms with Crippen LogP contribution in [-0.2, 0) is 14.3 Å². The summed E-state index contributed by atoms with van der Waals surface area (Å²) in [6.45, 7) is 11.3. The van der Waals surface area contributed by atoms with E-state index in [1.165, 1.54) is 4.90 Å². The first-order valence-electron chi connectivity index (χ1n) is 8.20. The summed E-state index contributed by atoms with van der Waals surface area (Å²) < 4.78 is 10.6. The van der Waals surface area contributed by atoms with Gasteiger partial charge in [0.25, 0.3) is 0 Å². The van der Waals surface area contributed by atoms with Crippen molar-refractivity contribution >= 4 is 12.1 Å². The highest BCUT2D eigenvalue weighted by atomic mass is 16.6. The molecule has 1 amide bonds. The predicted octanol–water partition coefficient (Wildman–Crippen LogP) is 0.916. The van der Waals surface area contributed by atoms with Crippen molar-refractivity contribution in [2.45, 2.75) is 77.8 Å². The first kappa shape index (κ1) is 22.6. The third-order valence-electron chi connectivity index (χ3n) is 2.84. The quantitative estimate of drug-likeness (QED) is 0.461. The molecule has 0 radical (unpaired) electrons. The molecule has 0 aromatic heterocycles. The second kappa shape index (κ2) is 9.19. The summed E-state index contributed by atoms with van der Waals surface area (Å²) in [5, 5.41) is 0. The Kier molecular flexibility index (Phi) is 8.67. The second-order valence-electron chi connectivity index (χ2n) is 7.76. The molecule has 24 heavy (non-hydrogen) atoms. The first-order chi connectivity index (χ1) is 10.8. The predicted molar refractivity (Wildman–Crippen MR) is 93.0 cm³/mol. The number of amides is 1. The summed E-state index contributed by atoms with van der Waals surface area (Å²) in [6, 6.07) is -0.929. The second-order valence-corrected chi connectivity index (χ2v) is 7.76. The molecule has 0 aliphatic rings. The smallest absolute Gasteiger partial charge is 0.411 e. The van der Waals surface area contributed by atoms with Gasteiger partial charge in [0, 0.05) is 13.0 Å². The van der Waals surface area contributed by atoms with Crippen molar-refractivity contribution in [2.24, 2.45) is 17.2 Å². The van der Waals surface area contributed by atoms with Crippen molar-refractivity contribution in [1.82, 2.24) is 4.90 Å². The highest BCUT2D eigenvalue weighted by molar-refractivity contribution is 5.76.